The van der Waals surface area contributed by atoms with Crippen LogP contribution in [0.2, 0.25) is 0 Å². The lowest BCUT2D eigenvalue weighted by molar-refractivity contribution is -0.118. The zero-order valence-corrected chi connectivity index (χ0v) is 16.3. The van der Waals surface area contributed by atoms with E-state index in [1.165, 1.54) is 13.4 Å². The van der Waals surface area contributed by atoms with E-state index in [1.807, 2.05) is 0 Å². The second kappa shape index (κ2) is 5.84. The van der Waals surface area contributed by atoms with Crippen molar-refractivity contribution in [2.45, 2.75) is 32.7 Å². The Morgan fingerprint density at radius 1 is 1.38 bits per heavy atom. The van der Waals surface area contributed by atoms with Gasteiger partial charge < -0.3 is 15.2 Å². The second-order valence-corrected chi connectivity index (χ2v) is 8.30. The Labute approximate surface area is 159 Å². The van der Waals surface area contributed by atoms with Crippen molar-refractivity contribution in [2.24, 2.45) is 5.41 Å². The largest absolute Gasteiger partial charge is 0.503 e. The van der Waals surface area contributed by atoms with Gasteiger partial charge in [-0.25, -0.2) is 4.68 Å². The quantitative estimate of drug-likeness (QED) is 0.776. The third-order valence-corrected chi connectivity index (χ3v) is 5.46. The van der Waals surface area contributed by atoms with E-state index >= 15 is 0 Å². The van der Waals surface area contributed by atoms with Gasteiger partial charge in [0.05, 0.1) is 11.6 Å². The van der Waals surface area contributed by atoms with Gasteiger partial charge in [-0.1, -0.05) is 13.8 Å². The number of aromatic hydroxyl groups is 1. The van der Waals surface area contributed by atoms with Crippen LogP contribution >= 0.6 is 15.9 Å². The first-order chi connectivity index (χ1) is 12.3. The average Bonchev–Trinajstić information content (AvgIpc) is 3.02. The number of rotatable bonds is 2. The molecule has 1 aliphatic heterocycles. The lowest BCUT2D eigenvalue weighted by Gasteiger charge is -2.38. The first kappa shape index (κ1) is 17.1. The summed E-state index contributed by atoms with van der Waals surface area (Å²) in [5, 5.41) is 17.7. The molecule has 1 atom stereocenters. The van der Waals surface area contributed by atoms with Gasteiger partial charge in [0.15, 0.2) is 17.3 Å². The molecule has 1 aromatic carbocycles. The van der Waals surface area contributed by atoms with Crippen LogP contribution in [0.15, 0.2) is 34.2 Å². The van der Waals surface area contributed by atoms with E-state index in [0.29, 0.717) is 28.2 Å². The molecule has 0 spiro atoms. The molecule has 0 saturated heterocycles. The van der Waals surface area contributed by atoms with Crippen molar-refractivity contribution in [2.75, 3.05) is 12.4 Å². The molecule has 0 saturated carbocycles. The van der Waals surface area contributed by atoms with Crippen LogP contribution in [0.1, 0.15) is 38.3 Å². The van der Waals surface area contributed by atoms with E-state index in [4.69, 9.17) is 4.74 Å². The number of phenolic OH excluding ortho intramolecular Hbond substituents is 1. The lowest BCUT2D eigenvalue weighted by atomic mass is 9.73. The van der Waals surface area contributed by atoms with Crippen LogP contribution in [0.5, 0.6) is 11.5 Å². The van der Waals surface area contributed by atoms with Gasteiger partial charge in [0.25, 0.3) is 0 Å². The Balaban J connectivity index is 1.93. The standard InChI is InChI=1S/C18H19BrN4O3/c1-18(2)6-11-14(12(24)7-18)15(23-17(22-11)20-8-21-23)9-4-10(19)16(25)13(5-9)26-3/h4-5,8,15,25H,6-7H2,1-3H3,(H,20,21,22). The molecule has 2 aromatic rings. The summed E-state index contributed by atoms with van der Waals surface area (Å²) in [5.41, 5.74) is 2.27. The molecule has 2 heterocycles. The summed E-state index contributed by atoms with van der Waals surface area (Å²) >= 11 is 3.36. The fourth-order valence-corrected chi connectivity index (χ4v) is 4.22. The Kier molecular flexibility index (Phi) is 3.83. The van der Waals surface area contributed by atoms with E-state index in [2.05, 4.69) is 45.2 Å². The normalized spacial score (nSPS) is 21.1. The molecule has 136 valence electrons. The molecule has 1 aromatic heterocycles. The van der Waals surface area contributed by atoms with Crippen molar-refractivity contribution in [3.05, 3.63) is 39.8 Å². The van der Waals surface area contributed by atoms with Crippen molar-refractivity contribution in [1.29, 1.82) is 0 Å². The first-order valence-corrected chi connectivity index (χ1v) is 9.09. The van der Waals surface area contributed by atoms with Gasteiger partial charge in [0, 0.05) is 17.7 Å². The molecule has 0 amide bonds. The molecule has 2 aliphatic rings. The van der Waals surface area contributed by atoms with Gasteiger partial charge >= 0.3 is 0 Å². The minimum Gasteiger partial charge on any atom is -0.503 e. The zero-order valence-electron chi connectivity index (χ0n) is 14.7. The van der Waals surface area contributed by atoms with Crippen LogP contribution < -0.4 is 10.1 Å². The van der Waals surface area contributed by atoms with Crippen molar-refractivity contribution >= 4 is 27.7 Å². The molecule has 0 radical (unpaired) electrons. The van der Waals surface area contributed by atoms with Gasteiger partial charge in [-0.05, 0) is 45.5 Å². The fraction of sp³-hybridized carbons (Fsp3) is 0.389. The summed E-state index contributed by atoms with van der Waals surface area (Å²) in [6, 6.07) is 3.11. The number of ether oxygens (including phenoxy) is 1. The predicted octanol–water partition coefficient (Wildman–Crippen LogP) is 3.41. The van der Waals surface area contributed by atoms with Crippen molar-refractivity contribution in [1.82, 2.24) is 14.8 Å². The topological polar surface area (TPSA) is 89.3 Å². The second-order valence-electron chi connectivity index (χ2n) is 7.44. The molecule has 7 nitrogen and oxygen atoms in total. The average molecular weight is 419 g/mol. The smallest absolute Gasteiger partial charge is 0.226 e. The minimum atomic E-state index is -0.418. The highest BCUT2D eigenvalue weighted by Crippen LogP contribution is 2.47. The number of nitrogens with one attached hydrogen (secondary N) is 1. The van der Waals surface area contributed by atoms with Gasteiger partial charge in [-0.3, -0.25) is 4.79 Å². The highest BCUT2D eigenvalue weighted by Gasteiger charge is 2.41. The molecule has 0 fully saturated rings. The summed E-state index contributed by atoms with van der Waals surface area (Å²) in [7, 11) is 1.49. The number of hydrogen-bond acceptors (Lipinski definition) is 6. The number of methoxy groups -OCH3 is 1. The van der Waals surface area contributed by atoms with Crippen molar-refractivity contribution < 1.29 is 14.6 Å². The van der Waals surface area contributed by atoms with Crippen LogP contribution in [0.25, 0.3) is 0 Å². The minimum absolute atomic E-state index is 0.0225. The Hall–Kier alpha value is -2.35. The van der Waals surface area contributed by atoms with Crippen molar-refractivity contribution in [3.8, 4) is 11.5 Å². The Bertz CT molecular complexity index is 948. The number of Topliss-reactive ketones (excluding diaryl/α,β-unsaturated/α-hetero) is 1. The maximum absolute atomic E-state index is 13.0. The SMILES string of the molecule is COc1cc(C2C3=C(CC(C)(C)CC3=O)Nc3ncnn32)cc(Br)c1O. The number of hydrogen-bond donors (Lipinski definition) is 2. The maximum atomic E-state index is 13.0. The number of halogens is 1. The fourth-order valence-electron chi connectivity index (χ4n) is 3.76. The van der Waals surface area contributed by atoms with Gasteiger partial charge in [0.1, 0.15) is 12.4 Å². The van der Waals surface area contributed by atoms with E-state index in [0.717, 1.165) is 17.7 Å². The number of carbonyl (C=O) groups excluding carboxylic acids is 1. The van der Waals surface area contributed by atoms with Crippen LogP contribution in [-0.4, -0.2) is 32.8 Å². The number of nitrogens with zero attached hydrogens (tertiary/aromatic N) is 3. The van der Waals surface area contributed by atoms with E-state index in [1.54, 1.807) is 16.8 Å². The summed E-state index contributed by atoms with van der Waals surface area (Å²) in [4.78, 5) is 17.3. The van der Waals surface area contributed by atoms with Crippen LogP contribution in [0.3, 0.4) is 0 Å². The van der Waals surface area contributed by atoms with Gasteiger partial charge in [0.2, 0.25) is 5.95 Å². The van der Waals surface area contributed by atoms with Crippen LogP contribution in [-0.2, 0) is 4.79 Å². The maximum Gasteiger partial charge on any atom is 0.226 e. The highest BCUT2D eigenvalue weighted by molar-refractivity contribution is 9.10. The third-order valence-electron chi connectivity index (χ3n) is 4.86. The van der Waals surface area contributed by atoms with Gasteiger partial charge in [-0.2, -0.15) is 10.1 Å². The molecule has 26 heavy (non-hydrogen) atoms. The Morgan fingerprint density at radius 3 is 2.88 bits per heavy atom. The monoisotopic (exact) mass is 418 g/mol. The number of anilines is 1. The number of carbonyl (C=O) groups is 1. The highest BCUT2D eigenvalue weighted by atomic mass is 79.9. The number of benzene rings is 1. The summed E-state index contributed by atoms with van der Waals surface area (Å²) in [6.45, 7) is 4.18. The molecule has 8 heteroatoms. The number of allylic oxidation sites excluding steroid dienone is 2. The summed E-state index contributed by atoms with van der Waals surface area (Å²) < 4.78 is 7.48. The van der Waals surface area contributed by atoms with Crippen LogP contribution in [0, 0.1) is 5.41 Å². The third kappa shape index (κ3) is 2.59. The summed E-state index contributed by atoms with van der Waals surface area (Å²) in [6.07, 6.45) is 2.70. The number of aromatic nitrogens is 3. The van der Waals surface area contributed by atoms with Crippen molar-refractivity contribution in [3.63, 3.8) is 0 Å². The number of ketones is 1. The predicted molar refractivity (Wildman–Crippen MR) is 99.2 cm³/mol. The molecule has 2 N–H and O–H groups in total. The molecule has 1 aliphatic carbocycles. The number of phenols is 1. The first-order valence-electron chi connectivity index (χ1n) is 8.30. The lowest BCUT2D eigenvalue weighted by Crippen LogP contribution is -2.36. The molecular weight excluding hydrogens is 400 g/mol. The van der Waals surface area contributed by atoms with Gasteiger partial charge in [-0.15, -0.1) is 0 Å². The van der Waals surface area contributed by atoms with E-state index in [-0.39, 0.29) is 16.9 Å². The molecule has 1 unspecified atom stereocenters. The Morgan fingerprint density at radius 2 is 2.15 bits per heavy atom. The van der Waals surface area contributed by atoms with E-state index in [9.17, 15) is 9.90 Å². The summed E-state index contributed by atoms with van der Waals surface area (Å²) in [5.74, 6) is 1.05. The molecular formula is C18H19BrN4O3. The van der Waals surface area contributed by atoms with E-state index < -0.39 is 6.04 Å². The zero-order chi connectivity index (χ0) is 18.6. The molecule has 4 rings (SSSR count). The molecule has 0 bridgehead atoms. The number of fused-ring (bicyclic) bond motifs is 1. The van der Waals surface area contributed by atoms with Crippen LogP contribution in [0.4, 0.5) is 5.95 Å².